The molecule has 1 atom stereocenters. The monoisotopic (exact) mass is 417 g/mol. The molecule has 0 radical (unpaired) electrons. The second-order valence-electron chi connectivity index (χ2n) is 8.05. The Bertz CT molecular complexity index is 1500. The molecular formula is C26H19N5O. The maximum atomic E-state index is 12.3. The van der Waals surface area contributed by atoms with Gasteiger partial charge >= 0.3 is 0 Å². The van der Waals surface area contributed by atoms with Gasteiger partial charge in [-0.05, 0) is 46.9 Å². The quantitative estimate of drug-likeness (QED) is 0.440. The number of hydrogen-bond donors (Lipinski definition) is 2. The van der Waals surface area contributed by atoms with Crippen LogP contribution >= 0.6 is 0 Å². The van der Waals surface area contributed by atoms with Gasteiger partial charge in [-0.25, -0.2) is 4.98 Å². The van der Waals surface area contributed by atoms with Crippen molar-refractivity contribution in [1.82, 2.24) is 19.9 Å². The zero-order chi connectivity index (χ0) is 21.8. The first-order valence-corrected chi connectivity index (χ1v) is 10.4. The molecule has 0 saturated carbocycles. The number of benzene rings is 2. The number of hydrogen-bond acceptors (Lipinski definition) is 4. The predicted octanol–water partition coefficient (Wildman–Crippen LogP) is 4.59. The van der Waals surface area contributed by atoms with Crippen molar-refractivity contribution in [2.24, 2.45) is 5.73 Å². The van der Waals surface area contributed by atoms with Crippen molar-refractivity contribution >= 4 is 16.9 Å². The first kappa shape index (κ1) is 18.4. The number of carbonyl (C=O) groups excluding carboxylic acids is 1. The molecule has 1 aliphatic carbocycles. The molecule has 3 heterocycles. The molecule has 0 bridgehead atoms. The van der Waals surface area contributed by atoms with Gasteiger partial charge in [-0.1, -0.05) is 42.5 Å². The summed E-state index contributed by atoms with van der Waals surface area (Å²) in [6, 6.07) is 18.2. The number of pyridine rings is 2. The largest absolute Gasteiger partial charge is 0.366 e. The molecule has 32 heavy (non-hydrogen) atoms. The number of imidazole rings is 1. The van der Waals surface area contributed by atoms with Gasteiger partial charge < -0.3 is 10.7 Å². The third-order valence-electron chi connectivity index (χ3n) is 6.14. The van der Waals surface area contributed by atoms with Crippen molar-refractivity contribution in [2.45, 2.75) is 12.8 Å². The first-order valence-electron chi connectivity index (χ1n) is 10.4. The van der Waals surface area contributed by atoms with Crippen LogP contribution in [0.1, 0.15) is 38.7 Å². The van der Waals surface area contributed by atoms with E-state index >= 15 is 0 Å². The average Bonchev–Trinajstić information content (AvgIpc) is 3.38. The van der Waals surface area contributed by atoms with E-state index < -0.39 is 5.91 Å². The van der Waals surface area contributed by atoms with Gasteiger partial charge in [0.05, 0.1) is 17.2 Å². The number of nitrogens with one attached hydrogen (secondary N) is 1. The SMILES string of the molecule is Cc1cc(C(N)=O)c(C2c3ccccc3-c3c(-c4nc5ccncc5[nH]4)cccc32)cn1. The van der Waals surface area contributed by atoms with Crippen molar-refractivity contribution in [3.8, 4) is 22.5 Å². The lowest BCUT2D eigenvalue weighted by Crippen LogP contribution is -2.17. The standard InChI is InChI=1S/C26H19N5O/c1-14-11-19(25(27)32)20(12-29-14)24-16-6-3-2-5-15(16)23-17(24)7-4-8-18(23)26-30-21-9-10-28-13-22(21)31-26/h2-13,24H,1H3,(H2,27,32)(H,30,31). The zero-order valence-electron chi connectivity index (χ0n) is 17.3. The van der Waals surface area contributed by atoms with E-state index in [0.29, 0.717) is 5.56 Å². The molecule has 6 rings (SSSR count). The van der Waals surface area contributed by atoms with Gasteiger partial charge in [0.25, 0.3) is 0 Å². The van der Waals surface area contributed by atoms with E-state index in [9.17, 15) is 4.79 Å². The third-order valence-corrected chi connectivity index (χ3v) is 6.14. The van der Waals surface area contributed by atoms with E-state index in [2.05, 4.69) is 39.2 Å². The molecular weight excluding hydrogens is 398 g/mol. The van der Waals surface area contributed by atoms with Crippen molar-refractivity contribution in [2.75, 3.05) is 0 Å². The lowest BCUT2D eigenvalue weighted by atomic mass is 9.86. The highest BCUT2D eigenvalue weighted by Crippen LogP contribution is 2.51. The Hall–Kier alpha value is -4.32. The van der Waals surface area contributed by atoms with Gasteiger partial charge in [0.1, 0.15) is 5.82 Å². The molecule has 0 fully saturated rings. The van der Waals surface area contributed by atoms with E-state index in [1.54, 1.807) is 24.7 Å². The fourth-order valence-electron chi connectivity index (χ4n) is 4.79. The lowest BCUT2D eigenvalue weighted by Gasteiger charge is -2.17. The van der Waals surface area contributed by atoms with Crippen LogP contribution in [-0.2, 0) is 0 Å². The molecule has 154 valence electrons. The summed E-state index contributed by atoms with van der Waals surface area (Å²) in [6.07, 6.45) is 5.30. The number of aryl methyl sites for hydroxylation is 1. The van der Waals surface area contributed by atoms with Crippen LogP contribution in [-0.4, -0.2) is 25.8 Å². The van der Waals surface area contributed by atoms with Crippen molar-refractivity contribution in [3.63, 3.8) is 0 Å². The number of rotatable bonds is 3. The van der Waals surface area contributed by atoms with Crippen LogP contribution in [0.2, 0.25) is 0 Å². The van der Waals surface area contributed by atoms with Crippen LogP contribution in [0.4, 0.5) is 0 Å². The summed E-state index contributed by atoms with van der Waals surface area (Å²) in [5.41, 5.74) is 15.1. The molecule has 1 amide bonds. The fourth-order valence-corrected chi connectivity index (χ4v) is 4.79. The van der Waals surface area contributed by atoms with Gasteiger partial charge in [-0.15, -0.1) is 0 Å². The van der Waals surface area contributed by atoms with Crippen LogP contribution < -0.4 is 5.73 Å². The summed E-state index contributed by atoms with van der Waals surface area (Å²) < 4.78 is 0. The molecule has 3 N–H and O–H groups in total. The van der Waals surface area contributed by atoms with E-state index in [4.69, 9.17) is 10.7 Å². The number of H-pyrrole nitrogens is 1. The molecule has 6 nitrogen and oxygen atoms in total. The Labute approximate surface area is 184 Å². The van der Waals surface area contributed by atoms with Gasteiger partial charge in [-0.3, -0.25) is 14.8 Å². The number of amides is 1. The number of nitrogens with two attached hydrogens (primary N) is 1. The second-order valence-corrected chi connectivity index (χ2v) is 8.05. The summed E-state index contributed by atoms with van der Waals surface area (Å²) >= 11 is 0. The topological polar surface area (TPSA) is 97.5 Å². The highest BCUT2D eigenvalue weighted by atomic mass is 16.1. The maximum Gasteiger partial charge on any atom is 0.249 e. The van der Waals surface area contributed by atoms with E-state index in [0.717, 1.165) is 55.9 Å². The molecule has 0 aliphatic heterocycles. The van der Waals surface area contributed by atoms with E-state index in [-0.39, 0.29) is 5.92 Å². The van der Waals surface area contributed by atoms with Crippen LogP contribution in [0.3, 0.4) is 0 Å². The second kappa shape index (κ2) is 6.85. The van der Waals surface area contributed by atoms with Crippen molar-refractivity contribution < 1.29 is 4.79 Å². The molecule has 5 aromatic rings. The smallest absolute Gasteiger partial charge is 0.249 e. The fraction of sp³-hybridized carbons (Fsp3) is 0.0769. The van der Waals surface area contributed by atoms with Crippen LogP contribution in [0.15, 0.2) is 73.2 Å². The number of carbonyl (C=O) groups is 1. The number of fused-ring (bicyclic) bond motifs is 4. The summed E-state index contributed by atoms with van der Waals surface area (Å²) in [5, 5.41) is 0. The molecule has 0 spiro atoms. The normalized spacial score (nSPS) is 14.3. The first-order chi connectivity index (χ1) is 15.6. The summed E-state index contributed by atoms with van der Waals surface area (Å²) in [5.74, 6) is 0.206. The molecule has 6 heteroatoms. The Morgan fingerprint density at radius 3 is 2.62 bits per heavy atom. The molecule has 1 unspecified atom stereocenters. The van der Waals surface area contributed by atoms with Crippen LogP contribution in [0.25, 0.3) is 33.5 Å². The maximum absolute atomic E-state index is 12.3. The summed E-state index contributed by atoms with van der Waals surface area (Å²) in [4.78, 5) is 29.2. The van der Waals surface area contributed by atoms with Crippen molar-refractivity contribution in [3.05, 3.63) is 101 Å². The molecule has 0 saturated heterocycles. The average molecular weight is 417 g/mol. The summed E-state index contributed by atoms with van der Waals surface area (Å²) in [7, 11) is 0. The minimum Gasteiger partial charge on any atom is -0.366 e. The lowest BCUT2D eigenvalue weighted by molar-refractivity contribution is 0.0999. The van der Waals surface area contributed by atoms with Gasteiger partial charge in [0.15, 0.2) is 0 Å². The van der Waals surface area contributed by atoms with E-state index in [1.807, 2.05) is 31.2 Å². The van der Waals surface area contributed by atoms with Crippen LogP contribution in [0, 0.1) is 6.92 Å². The molecule has 2 aromatic carbocycles. The Morgan fingerprint density at radius 1 is 0.969 bits per heavy atom. The van der Waals surface area contributed by atoms with Gasteiger partial charge in [0.2, 0.25) is 5.91 Å². The minimum atomic E-state index is -0.447. The number of nitrogens with zero attached hydrogens (tertiary/aromatic N) is 3. The minimum absolute atomic E-state index is 0.136. The third kappa shape index (κ3) is 2.66. The van der Waals surface area contributed by atoms with Crippen molar-refractivity contribution in [1.29, 1.82) is 0 Å². The number of primary amides is 1. The Morgan fingerprint density at radius 2 is 1.78 bits per heavy atom. The molecule has 3 aromatic heterocycles. The highest BCUT2D eigenvalue weighted by Gasteiger charge is 2.34. The predicted molar refractivity (Wildman–Crippen MR) is 123 cm³/mol. The van der Waals surface area contributed by atoms with E-state index in [1.165, 1.54) is 0 Å². The van der Waals surface area contributed by atoms with Crippen LogP contribution in [0.5, 0.6) is 0 Å². The van der Waals surface area contributed by atoms with Gasteiger partial charge in [0, 0.05) is 35.1 Å². The molecule has 1 aliphatic rings. The highest BCUT2D eigenvalue weighted by molar-refractivity contribution is 5.97. The Kier molecular flexibility index (Phi) is 3.95. The number of aromatic nitrogens is 4. The summed E-state index contributed by atoms with van der Waals surface area (Å²) in [6.45, 7) is 1.86. The Balaban J connectivity index is 1.64. The number of aromatic amines is 1. The zero-order valence-corrected chi connectivity index (χ0v) is 17.3. The van der Waals surface area contributed by atoms with Gasteiger partial charge in [-0.2, -0.15) is 0 Å².